The van der Waals surface area contributed by atoms with Crippen molar-refractivity contribution in [3.63, 3.8) is 0 Å². The van der Waals surface area contributed by atoms with Gasteiger partial charge in [0.15, 0.2) is 26.3 Å². The zero-order valence-corrected chi connectivity index (χ0v) is 82.8. The number of unbranched alkanes of at least 4 members (excludes halogenated alkanes) is 3. The van der Waals surface area contributed by atoms with E-state index < -0.39 is 6.04 Å². The number of aromatic amines is 4. The lowest BCUT2D eigenvalue weighted by Crippen LogP contribution is -2.45. The molecule has 4 aliphatic heterocycles. The molecule has 0 radical (unpaired) electrons. The SMILES string of the molecule is CCCCCC(=N)C(Cc1c[nH]c2ccccc12)NC(=O)c1cnc(N2CCN(C)CC2)s1.CCCCNCC(=O)C(Cc1c[nH]c2ccccc12)NC(=O)c1cnc(N2CCN(C)CC2)s1.CCCc1nnc(C(Cc2c[nH]c3ccccc23)NC(=O)c2cnc(N3CCN(C)CC3)s2)s1.CCc1csc(C(Cc2c[nH]c3ccccc23)NC(=O)c2cnc(N3CCN(C)CC3)s2)n1. The molecule has 708 valence electrons. The largest absolute Gasteiger partial charge is 0.361 e. The molecular formula is C98H125N25O5S6. The number of piperazine rings is 4. The van der Waals surface area contributed by atoms with Crippen LogP contribution in [0.1, 0.15) is 166 Å². The van der Waals surface area contributed by atoms with Gasteiger partial charge < -0.3 is 91.1 Å². The Morgan fingerprint density at radius 1 is 0.410 bits per heavy atom. The standard InChI is InChI=1S/C25H34N6O2S.C25H34N6OS.C24H29N7OS2.C24H28N6OS2/c1-3-4-9-26-16-22(32)21(14-18-15-27-20-8-6-5-7-19(18)20)29-24(33)23-17-28-25(34-23)31-12-10-30(2)11-13-31;1-3-4-5-9-20(26)22(15-18-16-27-21-10-7-6-8-19(18)21)29-24(32)23-17-28-25(33-23)31-13-11-30(2)12-14-31;1-3-6-21-28-29-23(34-21)19(13-16-14-25-18-8-5-4-7-17(16)18)27-22(32)20-15-26-24(33-20)31-11-9-30(2)10-12-31;1-3-17-15-32-23(27-17)20(12-16-13-25-19-7-5-4-6-18(16)19)28-22(31)21-14-26-24(33-21)30-10-8-29(2)9-11-30/h5-8,15,17,21,26-27H,3-4,9-14,16H2,1-2H3,(H,29,33);6-8,10,16-17,22,26-27H,3-5,9,11-15H2,1-2H3,(H,29,32);4-5,7-8,14-15,19,25H,3,6,9-13H2,1-2H3,(H,27,32);4-7,13-15,20,25H,3,8-12H2,1-2H3,(H,28,31). The van der Waals surface area contributed by atoms with E-state index >= 15 is 0 Å². The average molecular weight is 1930 g/mol. The number of aromatic nitrogens is 11. The third kappa shape index (κ3) is 26.0. The Kier molecular flexibility index (Phi) is 34.9. The zero-order chi connectivity index (χ0) is 93.4. The van der Waals surface area contributed by atoms with E-state index in [1.165, 1.54) is 56.3 Å². The highest BCUT2D eigenvalue weighted by atomic mass is 32.1. The number of rotatable bonds is 36. The van der Waals surface area contributed by atoms with Crippen molar-refractivity contribution in [3.8, 4) is 0 Å². The average Bonchev–Trinajstić information content (AvgIpc) is 1.66. The van der Waals surface area contributed by atoms with Gasteiger partial charge in [-0.15, -0.1) is 21.5 Å². The molecule has 4 saturated heterocycles. The van der Waals surface area contributed by atoms with Crippen molar-refractivity contribution in [3.05, 3.63) is 214 Å². The van der Waals surface area contributed by atoms with Gasteiger partial charge in [-0.25, -0.2) is 24.9 Å². The minimum Gasteiger partial charge on any atom is -0.361 e. The monoisotopic (exact) mass is 1920 g/mol. The van der Waals surface area contributed by atoms with E-state index in [0.717, 1.165) is 259 Å². The third-order valence-corrected chi connectivity index (χ3v) is 31.3. The van der Waals surface area contributed by atoms with Crippen LogP contribution in [0.3, 0.4) is 0 Å². The number of carbonyl (C=O) groups is 5. The minimum atomic E-state index is -0.616. The summed E-state index contributed by atoms with van der Waals surface area (Å²) in [6.07, 6.45) is 25.8. The second-order valence-corrected chi connectivity index (χ2v) is 40.9. The van der Waals surface area contributed by atoms with Crippen molar-refractivity contribution in [2.24, 2.45) is 0 Å². The van der Waals surface area contributed by atoms with Crippen molar-refractivity contribution in [2.75, 3.05) is 166 Å². The van der Waals surface area contributed by atoms with Crippen LogP contribution >= 0.6 is 68.0 Å². The number of Topliss-reactive ketones (excluding diaryl/α,β-unsaturated/α-hetero) is 1. The van der Waals surface area contributed by atoms with Gasteiger partial charge in [-0.2, -0.15) is 0 Å². The lowest BCUT2D eigenvalue weighted by Gasteiger charge is -2.32. The fraction of sp³-hybridized carbons (Fsp3) is 0.439. The molecule has 10 N–H and O–H groups in total. The number of hydrogen-bond donors (Lipinski definition) is 10. The van der Waals surface area contributed by atoms with E-state index in [-0.39, 0.29) is 54.1 Å². The Balaban J connectivity index is 0.000000136. The van der Waals surface area contributed by atoms with Crippen LogP contribution in [0.4, 0.5) is 20.5 Å². The number of nitrogens with zero attached hydrogens (tertiary/aromatic N) is 15. The Morgan fingerprint density at radius 3 is 1.14 bits per heavy atom. The van der Waals surface area contributed by atoms with Gasteiger partial charge in [-0.1, -0.05) is 176 Å². The zero-order valence-electron chi connectivity index (χ0n) is 77.9. The maximum absolute atomic E-state index is 13.3. The molecule has 0 saturated carbocycles. The van der Waals surface area contributed by atoms with Gasteiger partial charge in [0.2, 0.25) is 0 Å². The number of benzene rings is 4. The molecule has 134 heavy (non-hydrogen) atoms. The quantitative estimate of drug-likeness (QED) is 0.0129. The number of anilines is 4. The number of H-pyrrole nitrogens is 4. The van der Waals surface area contributed by atoms with Gasteiger partial charge in [-0.05, 0) is 113 Å². The summed E-state index contributed by atoms with van der Waals surface area (Å²) in [6.45, 7) is 24.9. The number of hydrogen-bond acceptors (Lipinski definition) is 28. The highest BCUT2D eigenvalue weighted by Crippen LogP contribution is 2.35. The molecule has 4 fully saturated rings. The normalized spacial score (nSPS) is 15.6. The number of likely N-dealkylation sites (N-methyl/N-ethyl adjacent to an activating group) is 4. The number of amides is 4. The maximum Gasteiger partial charge on any atom is 0.263 e. The summed E-state index contributed by atoms with van der Waals surface area (Å²) in [4.78, 5) is 123. The van der Waals surface area contributed by atoms with Crippen molar-refractivity contribution in [2.45, 2.75) is 135 Å². The molecule has 36 heteroatoms. The van der Waals surface area contributed by atoms with E-state index in [9.17, 15) is 24.0 Å². The number of thiazole rings is 5. The number of ketones is 1. The highest BCUT2D eigenvalue weighted by Gasteiger charge is 2.32. The van der Waals surface area contributed by atoms with E-state index in [2.05, 4.69) is 214 Å². The van der Waals surface area contributed by atoms with Crippen LogP contribution < -0.4 is 46.2 Å². The summed E-state index contributed by atoms with van der Waals surface area (Å²) in [7, 11) is 8.50. The summed E-state index contributed by atoms with van der Waals surface area (Å²) >= 11 is 8.95. The second-order valence-electron chi connectivity index (χ2n) is 34.8. The Morgan fingerprint density at radius 2 is 0.769 bits per heavy atom. The highest BCUT2D eigenvalue weighted by molar-refractivity contribution is 7.18. The Hall–Kier alpha value is -11.0. The summed E-state index contributed by atoms with van der Waals surface area (Å²) in [6, 6.07) is 31.3. The van der Waals surface area contributed by atoms with Gasteiger partial charge in [-0.3, -0.25) is 24.0 Å². The van der Waals surface area contributed by atoms with Crippen molar-refractivity contribution >= 4 is 167 Å². The van der Waals surface area contributed by atoms with Crippen LogP contribution in [0.5, 0.6) is 0 Å². The molecule has 4 aromatic carbocycles. The molecular weight excluding hydrogens is 1800 g/mol. The molecule has 0 spiro atoms. The molecule has 14 aromatic rings. The lowest BCUT2D eigenvalue weighted by molar-refractivity contribution is -0.120. The summed E-state index contributed by atoms with van der Waals surface area (Å²) in [5.74, 6) is -0.609. The molecule has 30 nitrogen and oxygen atoms in total. The number of nitrogens with one attached hydrogen (secondary N) is 10. The fourth-order valence-electron chi connectivity index (χ4n) is 16.7. The minimum absolute atomic E-state index is 0.0152. The number of carbonyl (C=O) groups excluding carboxylic acids is 5. The van der Waals surface area contributed by atoms with Gasteiger partial charge in [0.05, 0.1) is 61.2 Å². The first-order valence-electron chi connectivity index (χ1n) is 46.9. The van der Waals surface area contributed by atoms with Crippen molar-refractivity contribution < 1.29 is 24.0 Å². The number of para-hydroxylation sites is 4. The van der Waals surface area contributed by atoms with Crippen LogP contribution in [0.2, 0.25) is 0 Å². The third-order valence-electron chi connectivity index (χ3n) is 24.9. The predicted octanol–water partition coefficient (Wildman–Crippen LogP) is 15.0. The first-order valence-corrected chi connectivity index (χ1v) is 51.8. The fourth-order valence-corrected chi connectivity index (χ4v) is 22.1. The van der Waals surface area contributed by atoms with Gasteiger partial charge in [0.25, 0.3) is 23.6 Å². The molecule has 0 bridgehead atoms. The van der Waals surface area contributed by atoms with Crippen LogP contribution in [0.15, 0.2) is 152 Å². The Bertz CT molecular complexity index is 6140. The van der Waals surface area contributed by atoms with Gasteiger partial charge in [0.1, 0.15) is 34.5 Å². The topological polar surface area (TPSA) is 349 Å². The maximum atomic E-state index is 13.3. The molecule has 4 unspecified atom stereocenters. The second kappa shape index (κ2) is 47.9. The van der Waals surface area contributed by atoms with E-state index in [1.54, 1.807) is 47.5 Å². The molecule has 0 aliphatic carbocycles. The summed E-state index contributed by atoms with van der Waals surface area (Å²) in [5, 5.41) is 46.4. The van der Waals surface area contributed by atoms with Crippen molar-refractivity contribution in [1.82, 2.24) is 101 Å². The lowest BCUT2D eigenvalue weighted by atomic mass is 9.97. The van der Waals surface area contributed by atoms with Gasteiger partial charge in [0, 0.05) is 216 Å². The number of fused-ring (bicyclic) bond motifs is 4. The molecule has 14 heterocycles. The summed E-state index contributed by atoms with van der Waals surface area (Å²) < 4.78 is 0. The molecule has 10 aromatic heterocycles. The number of aryl methyl sites for hydroxylation is 2. The van der Waals surface area contributed by atoms with E-state index in [1.807, 2.05) is 85.5 Å². The molecule has 18 rings (SSSR count). The van der Waals surface area contributed by atoms with Crippen LogP contribution in [0, 0.1) is 5.41 Å². The summed E-state index contributed by atoms with van der Waals surface area (Å²) in [5.41, 5.74) is 10.4. The van der Waals surface area contributed by atoms with E-state index in [4.69, 9.17) is 10.4 Å². The Labute approximate surface area is 807 Å². The van der Waals surface area contributed by atoms with Crippen molar-refractivity contribution in [1.29, 1.82) is 5.41 Å². The molecule has 4 atom stereocenters. The smallest absolute Gasteiger partial charge is 0.263 e. The first-order chi connectivity index (χ1) is 65.3. The van der Waals surface area contributed by atoms with Gasteiger partial charge >= 0.3 is 0 Å². The predicted molar refractivity (Wildman–Crippen MR) is 548 cm³/mol. The molecule has 4 amide bonds. The van der Waals surface area contributed by atoms with E-state index in [0.29, 0.717) is 57.3 Å². The van der Waals surface area contributed by atoms with Crippen LogP contribution in [0.25, 0.3) is 43.6 Å². The van der Waals surface area contributed by atoms with Crippen LogP contribution in [-0.4, -0.2) is 268 Å². The molecule has 4 aliphatic rings. The van der Waals surface area contributed by atoms with Crippen LogP contribution in [-0.2, 0) is 43.3 Å². The first kappa shape index (κ1) is 97.5.